The summed E-state index contributed by atoms with van der Waals surface area (Å²) in [5.41, 5.74) is 0.816. The van der Waals surface area contributed by atoms with E-state index in [2.05, 4.69) is 20.9 Å². The van der Waals surface area contributed by atoms with Crippen molar-refractivity contribution < 1.29 is 5.11 Å². The minimum Gasteiger partial charge on any atom is -0.388 e. The van der Waals surface area contributed by atoms with E-state index in [4.69, 9.17) is 11.6 Å². The van der Waals surface area contributed by atoms with Crippen molar-refractivity contribution in [3.05, 3.63) is 51.5 Å². The van der Waals surface area contributed by atoms with Gasteiger partial charge >= 0.3 is 0 Å². The molecule has 0 saturated heterocycles. The number of aryl methyl sites for hydroxylation is 2. The minimum absolute atomic E-state index is 0.547. The van der Waals surface area contributed by atoms with Crippen LogP contribution in [0.15, 0.2) is 35.1 Å². The lowest BCUT2D eigenvalue weighted by molar-refractivity contribution is 0.166. The van der Waals surface area contributed by atoms with Crippen LogP contribution in [0.1, 0.15) is 23.9 Å². The predicted octanol–water partition coefficient (Wildman–Crippen LogP) is 3.50. The summed E-state index contributed by atoms with van der Waals surface area (Å²) in [6.45, 7) is 0. The third-order valence-electron chi connectivity index (χ3n) is 2.88. The second kappa shape index (κ2) is 5.87. The number of halogens is 2. The highest BCUT2D eigenvalue weighted by molar-refractivity contribution is 9.10. The first kappa shape index (κ1) is 13.6. The molecule has 0 radical (unpaired) electrons. The Balaban J connectivity index is 2.06. The Morgan fingerprint density at radius 2 is 2.28 bits per heavy atom. The maximum absolute atomic E-state index is 10.2. The van der Waals surface area contributed by atoms with Gasteiger partial charge in [0.05, 0.1) is 6.10 Å². The largest absolute Gasteiger partial charge is 0.388 e. The van der Waals surface area contributed by atoms with Gasteiger partial charge in [0.25, 0.3) is 0 Å². The van der Waals surface area contributed by atoms with Crippen LogP contribution in [0.25, 0.3) is 0 Å². The minimum atomic E-state index is -0.547. The normalized spacial score (nSPS) is 12.7. The first-order valence-electron chi connectivity index (χ1n) is 5.67. The molecule has 0 bridgehead atoms. The topological polar surface area (TPSA) is 38.0 Å². The van der Waals surface area contributed by atoms with Gasteiger partial charge in [-0.25, -0.2) is 4.98 Å². The molecule has 2 aromatic rings. The SMILES string of the molecule is Cn1ccnc1CCC(O)c1cc(Cl)ccc1Br. The van der Waals surface area contributed by atoms with Crippen molar-refractivity contribution in [2.24, 2.45) is 7.05 Å². The lowest BCUT2D eigenvalue weighted by Crippen LogP contribution is -2.04. The third kappa shape index (κ3) is 3.13. The van der Waals surface area contributed by atoms with Gasteiger partial charge in [-0.3, -0.25) is 0 Å². The van der Waals surface area contributed by atoms with Gasteiger partial charge < -0.3 is 9.67 Å². The van der Waals surface area contributed by atoms with E-state index in [1.807, 2.05) is 23.9 Å². The van der Waals surface area contributed by atoms with Crippen LogP contribution in [0.4, 0.5) is 0 Å². The zero-order valence-corrected chi connectivity index (χ0v) is 12.3. The average molecular weight is 330 g/mol. The zero-order valence-electron chi connectivity index (χ0n) is 9.98. The van der Waals surface area contributed by atoms with Crippen molar-refractivity contribution in [2.45, 2.75) is 18.9 Å². The van der Waals surface area contributed by atoms with Crippen molar-refractivity contribution in [1.82, 2.24) is 9.55 Å². The summed E-state index contributed by atoms with van der Waals surface area (Å²) in [5.74, 6) is 0.965. The third-order valence-corrected chi connectivity index (χ3v) is 3.84. The zero-order chi connectivity index (χ0) is 13.1. The number of aliphatic hydroxyl groups is 1. The van der Waals surface area contributed by atoms with E-state index < -0.39 is 6.10 Å². The van der Waals surface area contributed by atoms with Gasteiger partial charge in [-0.1, -0.05) is 27.5 Å². The van der Waals surface area contributed by atoms with Crippen molar-refractivity contribution in [1.29, 1.82) is 0 Å². The van der Waals surface area contributed by atoms with Gasteiger partial charge in [-0.05, 0) is 30.2 Å². The van der Waals surface area contributed by atoms with Gasteiger partial charge in [-0.2, -0.15) is 0 Å². The van der Waals surface area contributed by atoms with Crippen LogP contribution in [0.5, 0.6) is 0 Å². The molecule has 1 N–H and O–H groups in total. The number of nitrogens with zero attached hydrogens (tertiary/aromatic N) is 2. The maximum atomic E-state index is 10.2. The first-order chi connectivity index (χ1) is 8.58. The Bertz CT molecular complexity index is 542. The van der Waals surface area contributed by atoms with E-state index >= 15 is 0 Å². The molecular formula is C13H14BrClN2O. The summed E-state index contributed by atoms with van der Waals surface area (Å²) in [6, 6.07) is 5.43. The van der Waals surface area contributed by atoms with E-state index in [1.54, 1.807) is 18.3 Å². The Labute approximate surface area is 120 Å². The van der Waals surface area contributed by atoms with E-state index in [1.165, 1.54) is 0 Å². The van der Waals surface area contributed by atoms with Crippen molar-refractivity contribution in [3.8, 4) is 0 Å². The number of imidazole rings is 1. The summed E-state index contributed by atoms with van der Waals surface area (Å²) in [6.07, 6.45) is 4.45. The van der Waals surface area contributed by atoms with Gasteiger partial charge in [-0.15, -0.1) is 0 Å². The summed E-state index contributed by atoms with van der Waals surface area (Å²) >= 11 is 9.36. The molecule has 1 heterocycles. The number of hydrogen-bond acceptors (Lipinski definition) is 2. The lowest BCUT2D eigenvalue weighted by atomic mass is 10.0. The Hall–Kier alpha value is -0.840. The van der Waals surface area contributed by atoms with Crippen LogP contribution in [0.2, 0.25) is 5.02 Å². The van der Waals surface area contributed by atoms with Gasteiger partial charge in [0.2, 0.25) is 0 Å². The molecule has 96 valence electrons. The monoisotopic (exact) mass is 328 g/mol. The molecule has 0 aliphatic carbocycles. The average Bonchev–Trinajstić information content (AvgIpc) is 2.75. The van der Waals surface area contributed by atoms with Crippen molar-refractivity contribution >= 4 is 27.5 Å². The molecule has 18 heavy (non-hydrogen) atoms. The van der Waals surface area contributed by atoms with Crippen LogP contribution in [-0.2, 0) is 13.5 Å². The second-order valence-corrected chi connectivity index (χ2v) is 5.47. The second-order valence-electron chi connectivity index (χ2n) is 4.17. The quantitative estimate of drug-likeness (QED) is 0.932. The molecule has 1 unspecified atom stereocenters. The molecule has 0 aliphatic rings. The molecule has 0 aliphatic heterocycles. The molecule has 3 nitrogen and oxygen atoms in total. The highest BCUT2D eigenvalue weighted by Gasteiger charge is 2.13. The fourth-order valence-electron chi connectivity index (χ4n) is 1.83. The standard InChI is InChI=1S/C13H14BrClN2O/c1-17-7-6-16-13(17)5-4-12(18)10-8-9(15)2-3-11(10)14/h2-3,6-8,12,18H,4-5H2,1H3. The number of hydrogen-bond donors (Lipinski definition) is 1. The van der Waals surface area contributed by atoms with Crippen molar-refractivity contribution in [3.63, 3.8) is 0 Å². The van der Waals surface area contributed by atoms with Crippen LogP contribution >= 0.6 is 27.5 Å². The van der Waals surface area contributed by atoms with Crippen LogP contribution in [-0.4, -0.2) is 14.7 Å². The van der Waals surface area contributed by atoms with E-state index in [0.717, 1.165) is 22.3 Å². The molecule has 0 saturated carbocycles. The molecule has 5 heteroatoms. The fourth-order valence-corrected chi connectivity index (χ4v) is 2.52. The van der Waals surface area contributed by atoms with E-state index in [0.29, 0.717) is 11.4 Å². The summed E-state index contributed by atoms with van der Waals surface area (Å²) in [4.78, 5) is 4.24. The van der Waals surface area contributed by atoms with Gasteiger partial charge in [0.1, 0.15) is 5.82 Å². The Morgan fingerprint density at radius 1 is 1.50 bits per heavy atom. The smallest absolute Gasteiger partial charge is 0.108 e. The molecule has 1 aromatic heterocycles. The van der Waals surface area contributed by atoms with Gasteiger partial charge in [0, 0.05) is 35.4 Å². The Kier molecular flexibility index (Phi) is 4.43. The highest BCUT2D eigenvalue weighted by atomic mass is 79.9. The lowest BCUT2D eigenvalue weighted by Gasteiger charge is -2.13. The van der Waals surface area contributed by atoms with Crippen LogP contribution in [0, 0.1) is 0 Å². The summed E-state index contributed by atoms with van der Waals surface area (Å²) < 4.78 is 2.83. The summed E-state index contributed by atoms with van der Waals surface area (Å²) in [7, 11) is 1.95. The number of aromatic nitrogens is 2. The number of aliphatic hydroxyl groups excluding tert-OH is 1. The molecule has 0 fully saturated rings. The van der Waals surface area contributed by atoms with Crippen molar-refractivity contribution in [2.75, 3.05) is 0 Å². The maximum Gasteiger partial charge on any atom is 0.108 e. The molecule has 1 aromatic carbocycles. The molecule has 0 spiro atoms. The highest BCUT2D eigenvalue weighted by Crippen LogP contribution is 2.29. The number of benzene rings is 1. The first-order valence-corrected chi connectivity index (χ1v) is 6.84. The molecule has 1 atom stereocenters. The van der Waals surface area contributed by atoms with Crippen LogP contribution < -0.4 is 0 Å². The van der Waals surface area contributed by atoms with Gasteiger partial charge in [0.15, 0.2) is 0 Å². The molecular weight excluding hydrogens is 316 g/mol. The fraction of sp³-hybridized carbons (Fsp3) is 0.308. The molecule has 0 amide bonds. The van der Waals surface area contributed by atoms with E-state index in [9.17, 15) is 5.11 Å². The number of rotatable bonds is 4. The molecule has 2 rings (SSSR count). The van der Waals surface area contributed by atoms with Crippen LogP contribution in [0.3, 0.4) is 0 Å². The Morgan fingerprint density at radius 3 is 2.94 bits per heavy atom. The van der Waals surface area contributed by atoms with E-state index in [-0.39, 0.29) is 0 Å². The summed E-state index contributed by atoms with van der Waals surface area (Å²) in [5, 5.41) is 10.8. The predicted molar refractivity (Wildman–Crippen MR) is 75.6 cm³/mol.